The number of anilines is 2. The second-order valence-corrected chi connectivity index (χ2v) is 5.49. The number of rotatable bonds is 5. The molecule has 0 spiro atoms. The predicted octanol–water partition coefficient (Wildman–Crippen LogP) is 3.11. The molecule has 0 saturated heterocycles. The molecule has 7 heteroatoms. The number of carbonyl (C=O) groups excluding carboxylic acids is 1. The van der Waals surface area contributed by atoms with E-state index in [4.69, 9.17) is 11.6 Å². The van der Waals surface area contributed by atoms with Crippen molar-refractivity contribution in [2.24, 2.45) is 0 Å². The third-order valence-electron chi connectivity index (χ3n) is 3.47. The van der Waals surface area contributed by atoms with Gasteiger partial charge in [-0.2, -0.15) is 0 Å². The third-order valence-corrected chi connectivity index (χ3v) is 3.68. The number of hydrogen-bond donors (Lipinski definition) is 0. The van der Waals surface area contributed by atoms with Gasteiger partial charge in [-0.1, -0.05) is 17.7 Å². The van der Waals surface area contributed by atoms with E-state index in [0.29, 0.717) is 16.5 Å². The molecule has 0 radical (unpaired) electrons. The number of Topliss-reactive ketones (excluding diaryl/α,β-unsaturated/α-hetero) is 1. The quantitative estimate of drug-likeness (QED) is 0.525. The number of hydrogen-bond acceptors (Lipinski definition) is 6. The van der Waals surface area contributed by atoms with Crippen molar-refractivity contribution in [3.05, 3.63) is 71.8 Å². The lowest BCUT2D eigenvalue weighted by molar-refractivity contribution is 0.0987. The van der Waals surface area contributed by atoms with Gasteiger partial charge in [0.1, 0.15) is 17.2 Å². The molecule has 0 amide bonds. The molecule has 3 aromatic heterocycles. The number of halogens is 1. The minimum absolute atomic E-state index is 0.121. The van der Waals surface area contributed by atoms with E-state index in [1.165, 1.54) is 6.33 Å². The Kier molecular flexibility index (Phi) is 4.77. The van der Waals surface area contributed by atoms with Gasteiger partial charge in [0.15, 0.2) is 5.78 Å². The van der Waals surface area contributed by atoms with Gasteiger partial charge in [0, 0.05) is 24.6 Å². The van der Waals surface area contributed by atoms with Crippen molar-refractivity contribution in [3.63, 3.8) is 0 Å². The molecule has 0 aliphatic rings. The molecule has 0 fully saturated rings. The summed E-state index contributed by atoms with van der Waals surface area (Å²) in [6.45, 7) is 0. The fourth-order valence-corrected chi connectivity index (χ4v) is 2.38. The van der Waals surface area contributed by atoms with Gasteiger partial charge in [0.05, 0.1) is 24.5 Å². The Morgan fingerprint density at radius 1 is 1.17 bits per heavy atom. The Hall–Kier alpha value is -2.86. The van der Waals surface area contributed by atoms with Crippen molar-refractivity contribution < 1.29 is 4.79 Å². The minimum atomic E-state index is -0.121. The van der Waals surface area contributed by atoms with Crippen molar-refractivity contribution in [3.8, 4) is 0 Å². The molecule has 24 heavy (non-hydrogen) atoms. The summed E-state index contributed by atoms with van der Waals surface area (Å²) in [6, 6.07) is 8.76. The number of pyridine rings is 2. The number of carbonyl (C=O) groups is 1. The average Bonchev–Trinajstić information content (AvgIpc) is 2.62. The minimum Gasteiger partial charge on any atom is -0.342 e. The first-order valence-corrected chi connectivity index (χ1v) is 7.61. The van der Waals surface area contributed by atoms with Crippen LogP contribution in [0.15, 0.2) is 55.2 Å². The van der Waals surface area contributed by atoms with Crippen molar-refractivity contribution in [2.75, 3.05) is 11.9 Å². The lowest BCUT2D eigenvalue weighted by Crippen LogP contribution is -2.13. The maximum absolute atomic E-state index is 12.4. The van der Waals surface area contributed by atoms with Crippen molar-refractivity contribution in [1.29, 1.82) is 0 Å². The highest BCUT2D eigenvalue weighted by Gasteiger charge is 2.12. The molecule has 0 aliphatic heterocycles. The summed E-state index contributed by atoms with van der Waals surface area (Å²) in [5, 5.41) is 0.367. The van der Waals surface area contributed by atoms with Gasteiger partial charge in [0.25, 0.3) is 0 Å². The molecular weight excluding hydrogens is 326 g/mol. The summed E-state index contributed by atoms with van der Waals surface area (Å²) >= 11 is 5.85. The standard InChI is InChI=1S/C17H14ClN5O/c1-23(14-9-19-11-20-10-14)13-5-6-21-15(8-13)16(24)7-12-3-2-4-17(18)22-12/h2-6,8-11H,7H2,1H3. The normalized spacial score (nSPS) is 10.4. The van der Waals surface area contributed by atoms with Gasteiger partial charge in [-0.25, -0.2) is 15.0 Å². The van der Waals surface area contributed by atoms with Crippen molar-refractivity contribution >= 4 is 28.8 Å². The molecular formula is C17H14ClN5O. The van der Waals surface area contributed by atoms with Crippen LogP contribution < -0.4 is 4.90 Å². The summed E-state index contributed by atoms with van der Waals surface area (Å²) < 4.78 is 0. The topological polar surface area (TPSA) is 71.9 Å². The van der Waals surface area contributed by atoms with E-state index in [0.717, 1.165) is 11.4 Å². The zero-order valence-corrected chi connectivity index (χ0v) is 13.7. The summed E-state index contributed by atoms with van der Waals surface area (Å²) in [5.41, 5.74) is 2.63. The molecule has 120 valence electrons. The summed E-state index contributed by atoms with van der Waals surface area (Å²) in [4.78, 5) is 30.6. The Morgan fingerprint density at radius 3 is 2.71 bits per heavy atom. The van der Waals surface area contributed by atoms with Gasteiger partial charge in [-0.15, -0.1) is 0 Å². The van der Waals surface area contributed by atoms with Gasteiger partial charge in [0.2, 0.25) is 0 Å². The first kappa shape index (κ1) is 16.0. The number of nitrogens with zero attached hydrogens (tertiary/aromatic N) is 5. The highest BCUT2D eigenvalue weighted by Crippen LogP contribution is 2.22. The maximum Gasteiger partial charge on any atom is 0.187 e. The van der Waals surface area contributed by atoms with Crippen LogP contribution in [0.5, 0.6) is 0 Å². The average molecular weight is 340 g/mol. The Bertz CT molecular complexity index is 856. The molecule has 0 bridgehead atoms. The molecule has 0 atom stereocenters. The lowest BCUT2D eigenvalue weighted by Gasteiger charge is -2.18. The SMILES string of the molecule is CN(c1cncnc1)c1ccnc(C(=O)Cc2cccc(Cl)n2)c1. The Balaban J connectivity index is 1.81. The molecule has 0 unspecified atom stereocenters. The predicted molar refractivity (Wildman–Crippen MR) is 91.6 cm³/mol. The molecule has 3 heterocycles. The highest BCUT2D eigenvalue weighted by molar-refractivity contribution is 6.29. The summed E-state index contributed by atoms with van der Waals surface area (Å²) in [5.74, 6) is -0.121. The lowest BCUT2D eigenvalue weighted by atomic mass is 10.1. The van der Waals surface area contributed by atoms with Crippen LogP contribution in [-0.4, -0.2) is 32.8 Å². The summed E-state index contributed by atoms with van der Waals surface area (Å²) in [7, 11) is 1.88. The molecule has 0 N–H and O–H groups in total. The Morgan fingerprint density at radius 2 is 1.96 bits per heavy atom. The first-order chi connectivity index (χ1) is 11.6. The van der Waals surface area contributed by atoms with Crippen molar-refractivity contribution in [2.45, 2.75) is 6.42 Å². The van der Waals surface area contributed by atoms with E-state index in [1.54, 1.807) is 42.9 Å². The third kappa shape index (κ3) is 3.72. The monoisotopic (exact) mass is 339 g/mol. The van der Waals surface area contributed by atoms with Gasteiger partial charge < -0.3 is 4.90 Å². The molecule has 6 nitrogen and oxygen atoms in total. The van der Waals surface area contributed by atoms with E-state index in [9.17, 15) is 4.79 Å². The largest absolute Gasteiger partial charge is 0.342 e. The highest BCUT2D eigenvalue weighted by atomic mass is 35.5. The fraction of sp³-hybridized carbons (Fsp3) is 0.118. The van der Waals surface area contributed by atoms with E-state index in [2.05, 4.69) is 19.9 Å². The van der Waals surface area contributed by atoms with E-state index in [-0.39, 0.29) is 12.2 Å². The molecule has 0 aliphatic carbocycles. The molecule has 0 aromatic carbocycles. The van der Waals surface area contributed by atoms with Crippen LogP contribution >= 0.6 is 11.6 Å². The van der Waals surface area contributed by atoms with Crippen LogP contribution in [0.4, 0.5) is 11.4 Å². The zero-order valence-electron chi connectivity index (χ0n) is 12.9. The van der Waals surface area contributed by atoms with Crippen LogP contribution in [0.2, 0.25) is 5.15 Å². The first-order valence-electron chi connectivity index (χ1n) is 7.23. The zero-order chi connectivity index (χ0) is 16.9. The number of aromatic nitrogens is 4. The van der Waals surface area contributed by atoms with Gasteiger partial charge in [-0.05, 0) is 24.3 Å². The van der Waals surface area contributed by atoms with Crippen molar-refractivity contribution in [1.82, 2.24) is 19.9 Å². The van der Waals surface area contributed by atoms with Crippen LogP contribution in [0.3, 0.4) is 0 Å². The van der Waals surface area contributed by atoms with Crippen LogP contribution in [-0.2, 0) is 6.42 Å². The van der Waals surface area contributed by atoms with Crippen LogP contribution in [0, 0.1) is 0 Å². The summed E-state index contributed by atoms with van der Waals surface area (Å²) in [6.07, 6.45) is 6.62. The van der Waals surface area contributed by atoms with E-state index in [1.807, 2.05) is 18.0 Å². The Labute approximate surface area is 144 Å². The van der Waals surface area contributed by atoms with Gasteiger partial charge >= 0.3 is 0 Å². The molecule has 0 saturated carbocycles. The maximum atomic E-state index is 12.4. The van der Waals surface area contributed by atoms with E-state index >= 15 is 0 Å². The number of ketones is 1. The molecule has 3 aromatic rings. The fourth-order valence-electron chi connectivity index (χ4n) is 2.20. The van der Waals surface area contributed by atoms with Gasteiger partial charge in [-0.3, -0.25) is 9.78 Å². The molecule has 3 rings (SSSR count). The van der Waals surface area contributed by atoms with Crippen LogP contribution in [0.25, 0.3) is 0 Å². The second kappa shape index (κ2) is 7.14. The smallest absolute Gasteiger partial charge is 0.187 e. The van der Waals surface area contributed by atoms with Crippen LogP contribution in [0.1, 0.15) is 16.2 Å². The van der Waals surface area contributed by atoms with E-state index < -0.39 is 0 Å². The second-order valence-electron chi connectivity index (χ2n) is 5.11.